The molecular weight excluding hydrogens is 368 g/mol. The fourth-order valence-corrected chi connectivity index (χ4v) is 3.23. The van der Waals surface area contributed by atoms with Gasteiger partial charge in [0.05, 0.1) is 15.6 Å². The summed E-state index contributed by atoms with van der Waals surface area (Å²) in [6.07, 6.45) is 0.406. The minimum atomic E-state index is -0.393. The lowest BCUT2D eigenvalue weighted by molar-refractivity contribution is -0.384. The number of amides is 1. The van der Waals surface area contributed by atoms with Gasteiger partial charge in [-0.1, -0.05) is 23.7 Å². The zero-order chi connectivity index (χ0) is 19.2. The molecule has 1 aliphatic rings. The van der Waals surface area contributed by atoms with Crippen LogP contribution in [0.3, 0.4) is 0 Å². The van der Waals surface area contributed by atoms with Crippen LogP contribution < -0.4 is 10.2 Å². The van der Waals surface area contributed by atoms with E-state index in [4.69, 9.17) is 11.6 Å². The number of benzene rings is 2. The number of halogens is 1. The van der Waals surface area contributed by atoms with Gasteiger partial charge < -0.3 is 10.2 Å². The molecule has 27 heavy (non-hydrogen) atoms. The molecule has 0 aliphatic carbocycles. The monoisotopic (exact) mass is 388 g/mol. The Morgan fingerprint density at radius 3 is 2.37 bits per heavy atom. The fourth-order valence-electron chi connectivity index (χ4n) is 3.05. The average molecular weight is 389 g/mol. The highest BCUT2D eigenvalue weighted by Crippen LogP contribution is 2.22. The first-order valence-corrected chi connectivity index (χ1v) is 9.17. The summed E-state index contributed by atoms with van der Waals surface area (Å²) in [4.78, 5) is 26.9. The predicted molar refractivity (Wildman–Crippen MR) is 106 cm³/mol. The van der Waals surface area contributed by atoms with Crippen molar-refractivity contribution in [3.8, 4) is 0 Å². The summed E-state index contributed by atoms with van der Waals surface area (Å²) in [7, 11) is 0. The number of hydrogen-bond acceptors (Lipinski definition) is 5. The molecule has 1 N–H and O–H groups in total. The summed E-state index contributed by atoms with van der Waals surface area (Å²) in [6.45, 7) is 4.02. The third-order valence-electron chi connectivity index (χ3n) is 4.60. The van der Waals surface area contributed by atoms with Crippen molar-refractivity contribution < 1.29 is 9.72 Å². The first kappa shape index (κ1) is 19.1. The molecule has 3 rings (SSSR count). The van der Waals surface area contributed by atoms with Gasteiger partial charge in [-0.05, 0) is 24.3 Å². The highest BCUT2D eigenvalue weighted by Gasteiger charge is 2.18. The van der Waals surface area contributed by atoms with Crippen LogP contribution >= 0.6 is 11.6 Å². The van der Waals surface area contributed by atoms with Gasteiger partial charge in [-0.15, -0.1) is 0 Å². The molecule has 1 fully saturated rings. The highest BCUT2D eigenvalue weighted by atomic mass is 35.5. The Morgan fingerprint density at radius 2 is 1.74 bits per heavy atom. The van der Waals surface area contributed by atoms with Crippen molar-refractivity contribution in [1.29, 1.82) is 0 Å². The Balaban J connectivity index is 1.43. The van der Waals surface area contributed by atoms with Gasteiger partial charge in [-0.25, -0.2) is 0 Å². The van der Waals surface area contributed by atoms with Crippen LogP contribution in [0.15, 0.2) is 48.5 Å². The maximum atomic E-state index is 12.1. The third kappa shape index (κ3) is 5.18. The van der Waals surface area contributed by atoms with Gasteiger partial charge in [-0.2, -0.15) is 0 Å². The Labute approximate surface area is 162 Å². The number of nitro groups is 1. The van der Waals surface area contributed by atoms with Crippen LogP contribution in [0.1, 0.15) is 6.42 Å². The van der Waals surface area contributed by atoms with E-state index < -0.39 is 4.92 Å². The number of para-hydroxylation sites is 1. The van der Waals surface area contributed by atoms with Crippen LogP contribution in [0, 0.1) is 10.1 Å². The van der Waals surface area contributed by atoms with E-state index in [1.165, 1.54) is 12.1 Å². The number of anilines is 2. The van der Waals surface area contributed by atoms with E-state index in [2.05, 4.69) is 15.1 Å². The van der Waals surface area contributed by atoms with E-state index in [9.17, 15) is 14.9 Å². The maximum absolute atomic E-state index is 12.1. The first-order chi connectivity index (χ1) is 13.0. The molecule has 7 nitrogen and oxygen atoms in total. The number of carbonyl (C=O) groups is 1. The standard InChI is InChI=1S/C19H21ClN4O3/c20-17-3-1-2-4-18(17)21-19(25)9-10-22-11-13-23(14-12-22)15-5-7-16(8-6-15)24(26)27/h1-8H,9-14H2,(H,21,25). The van der Waals surface area contributed by atoms with E-state index in [-0.39, 0.29) is 11.6 Å². The van der Waals surface area contributed by atoms with Crippen molar-refractivity contribution in [3.05, 3.63) is 63.7 Å². The summed E-state index contributed by atoms with van der Waals surface area (Å²) in [5.41, 5.74) is 1.71. The van der Waals surface area contributed by atoms with E-state index >= 15 is 0 Å². The van der Waals surface area contributed by atoms with Crippen LogP contribution in [0.25, 0.3) is 0 Å². The Hall–Kier alpha value is -2.64. The van der Waals surface area contributed by atoms with Gasteiger partial charge in [0.15, 0.2) is 0 Å². The van der Waals surface area contributed by atoms with Gasteiger partial charge >= 0.3 is 0 Å². The molecule has 0 unspecified atom stereocenters. The first-order valence-electron chi connectivity index (χ1n) is 8.79. The number of non-ortho nitro benzene ring substituents is 1. The lowest BCUT2D eigenvalue weighted by Crippen LogP contribution is -2.47. The summed E-state index contributed by atoms with van der Waals surface area (Å²) in [6, 6.07) is 13.8. The molecule has 0 atom stereocenters. The van der Waals surface area contributed by atoms with Crippen LogP contribution in [-0.2, 0) is 4.79 Å². The van der Waals surface area contributed by atoms with E-state index in [0.29, 0.717) is 23.7 Å². The molecular formula is C19H21ClN4O3. The lowest BCUT2D eigenvalue weighted by atomic mass is 10.2. The van der Waals surface area contributed by atoms with Gasteiger partial charge in [0, 0.05) is 57.0 Å². The van der Waals surface area contributed by atoms with E-state index in [0.717, 1.165) is 31.9 Å². The van der Waals surface area contributed by atoms with Gasteiger partial charge in [-0.3, -0.25) is 19.8 Å². The molecule has 0 spiro atoms. The van der Waals surface area contributed by atoms with E-state index in [1.54, 1.807) is 24.3 Å². The molecule has 142 valence electrons. The summed E-state index contributed by atoms with van der Waals surface area (Å²) < 4.78 is 0. The van der Waals surface area contributed by atoms with Crippen molar-refractivity contribution in [2.45, 2.75) is 6.42 Å². The predicted octanol–water partition coefficient (Wildman–Crippen LogP) is 3.40. The lowest BCUT2D eigenvalue weighted by Gasteiger charge is -2.36. The molecule has 0 aromatic heterocycles. The van der Waals surface area contributed by atoms with Crippen LogP contribution in [-0.4, -0.2) is 48.5 Å². The van der Waals surface area contributed by atoms with Crippen LogP contribution in [0.4, 0.5) is 17.1 Å². The van der Waals surface area contributed by atoms with Crippen molar-refractivity contribution in [2.75, 3.05) is 42.9 Å². The zero-order valence-corrected chi connectivity index (χ0v) is 15.6. The Morgan fingerprint density at radius 1 is 1.07 bits per heavy atom. The number of nitrogens with one attached hydrogen (secondary N) is 1. The number of rotatable bonds is 6. The maximum Gasteiger partial charge on any atom is 0.269 e. The smallest absolute Gasteiger partial charge is 0.269 e. The van der Waals surface area contributed by atoms with Crippen molar-refractivity contribution in [3.63, 3.8) is 0 Å². The topological polar surface area (TPSA) is 78.7 Å². The van der Waals surface area contributed by atoms with Crippen molar-refractivity contribution >= 4 is 34.6 Å². The minimum Gasteiger partial charge on any atom is -0.369 e. The second-order valence-corrected chi connectivity index (χ2v) is 6.79. The molecule has 2 aromatic carbocycles. The quantitative estimate of drug-likeness (QED) is 0.606. The van der Waals surface area contributed by atoms with Crippen molar-refractivity contribution in [2.24, 2.45) is 0 Å². The molecule has 0 saturated carbocycles. The minimum absolute atomic E-state index is 0.0547. The number of hydrogen-bond donors (Lipinski definition) is 1. The average Bonchev–Trinajstić information content (AvgIpc) is 2.69. The zero-order valence-electron chi connectivity index (χ0n) is 14.8. The highest BCUT2D eigenvalue weighted by molar-refractivity contribution is 6.33. The SMILES string of the molecule is O=C(CCN1CCN(c2ccc([N+](=O)[O-])cc2)CC1)Nc1ccccc1Cl. The number of carbonyl (C=O) groups excluding carboxylic acids is 1. The second kappa shape index (κ2) is 8.83. The van der Waals surface area contributed by atoms with Gasteiger partial charge in [0.1, 0.15) is 0 Å². The molecule has 8 heteroatoms. The molecule has 1 saturated heterocycles. The molecule has 1 aliphatic heterocycles. The number of piperazine rings is 1. The summed E-state index contributed by atoms with van der Waals surface area (Å²) >= 11 is 6.05. The summed E-state index contributed by atoms with van der Waals surface area (Å²) in [5, 5.41) is 14.1. The van der Waals surface area contributed by atoms with Crippen LogP contribution in [0.2, 0.25) is 5.02 Å². The van der Waals surface area contributed by atoms with Gasteiger partial charge in [0.2, 0.25) is 5.91 Å². The van der Waals surface area contributed by atoms with Crippen molar-refractivity contribution in [1.82, 2.24) is 4.90 Å². The number of nitrogens with zero attached hydrogens (tertiary/aromatic N) is 3. The Bertz CT molecular complexity index is 805. The third-order valence-corrected chi connectivity index (χ3v) is 4.93. The number of nitro benzene ring substituents is 1. The Kier molecular flexibility index (Phi) is 6.26. The largest absolute Gasteiger partial charge is 0.369 e. The fraction of sp³-hybridized carbons (Fsp3) is 0.316. The van der Waals surface area contributed by atoms with Crippen LogP contribution in [0.5, 0.6) is 0 Å². The molecule has 1 amide bonds. The second-order valence-electron chi connectivity index (χ2n) is 6.38. The molecule has 0 radical (unpaired) electrons. The molecule has 1 heterocycles. The molecule has 2 aromatic rings. The molecule has 0 bridgehead atoms. The van der Waals surface area contributed by atoms with E-state index in [1.807, 2.05) is 12.1 Å². The summed E-state index contributed by atoms with van der Waals surface area (Å²) in [5.74, 6) is -0.0547. The normalized spacial score (nSPS) is 14.8. The van der Waals surface area contributed by atoms with Gasteiger partial charge in [0.25, 0.3) is 5.69 Å².